The number of benzene rings is 2. The van der Waals surface area contributed by atoms with Gasteiger partial charge in [-0.05, 0) is 42.3 Å². The molecule has 0 unspecified atom stereocenters. The van der Waals surface area contributed by atoms with Crippen LogP contribution in [0.1, 0.15) is 28.4 Å². The van der Waals surface area contributed by atoms with Crippen LogP contribution in [0, 0.1) is 5.82 Å². The number of amides is 1. The molecule has 1 aliphatic heterocycles. The Hall–Kier alpha value is -2.89. The molecule has 1 fully saturated rings. The molecule has 0 bridgehead atoms. The first-order valence-electron chi connectivity index (χ1n) is 7.43. The summed E-state index contributed by atoms with van der Waals surface area (Å²) in [7, 11) is 0. The summed E-state index contributed by atoms with van der Waals surface area (Å²) in [6.07, 6.45) is 0.882. The van der Waals surface area contributed by atoms with E-state index in [1.54, 1.807) is 35.2 Å². The molecule has 1 aromatic heterocycles. The lowest BCUT2D eigenvalue weighted by Crippen LogP contribution is -2.45. The first-order valence-corrected chi connectivity index (χ1v) is 7.43. The van der Waals surface area contributed by atoms with Crippen LogP contribution in [0.2, 0.25) is 0 Å². The summed E-state index contributed by atoms with van der Waals surface area (Å²) in [5.74, 6) is 0.0632. The summed E-state index contributed by atoms with van der Waals surface area (Å²) in [6.45, 7) is 0.694. The fourth-order valence-electron chi connectivity index (χ4n) is 3.00. The second-order valence-corrected chi connectivity index (χ2v) is 5.72. The summed E-state index contributed by atoms with van der Waals surface area (Å²) < 4.78 is 13.0. The molecule has 6 heteroatoms. The number of nitrogens with one attached hydrogen (secondary N) is 1. The highest BCUT2D eigenvalue weighted by atomic mass is 19.1. The average Bonchev–Trinajstić information content (AvgIpc) is 2.89. The van der Waals surface area contributed by atoms with E-state index >= 15 is 0 Å². The normalized spacial score (nSPS) is 17.3. The number of hydrogen-bond donors (Lipinski definition) is 2. The van der Waals surface area contributed by atoms with Gasteiger partial charge in [0.05, 0.1) is 11.6 Å². The van der Waals surface area contributed by atoms with Gasteiger partial charge in [0.1, 0.15) is 5.82 Å². The van der Waals surface area contributed by atoms with Gasteiger partial charge in [-0.25, -0.2) is 4.39 Å². The fraction of sp³-hybridized carbons (Fsp3) is 0.176. The molecule has 0 saturated carbocycles. The van der Waals surface area contributed by atoms with Crippen LogP contribution in [-0.2, 0) is 0 Å². The molecule has 2 aromatic carbocycles. The maximum absolute atomic E-state index is 13.0. The minimum absolute atomic E-state index is 0.000457. The predicted molar refractivity (Wildman–Crippen MR) is 85.3 cm³/mol. The van der Waals surface area contributed by atoms with Crippen molar-refractivity contribution in [1.82, 2.24) is 15.1 Å². The van der Waals surface area contributed by atoms with Crippen LogP contribution in [0.4, 0.5) is 10.2 Å². The number of likely N-dealkylation sites (tertiary alicyclic amines) is 1. The quantitative estimate of drug-likeness (QED) is 0.764. The topological polar surface area (TPSA) is 75.0 Å². The Morgan fingerprint density at radius 3 is 2.74 bits per heavy atom. The molecule has 1 saturated heterocycles. The lowest BCUT2D eigenvalue weighted by atomic mass is 9.93. The predicted octanol–water partition coefficient (Wildman–Crippen LogP) is 2.87. The third kappa shape index (κ3) is 2.23. The number of nitrogen functional groups attached to an aromatic ring is 1. The molecule has 0 aliphatic carbocycles. The van der Waals surface area contributed by atoms with Crippen molar-refractivity contribution in [1.29, 1.82) is 0 Å². The molecular formula is C17H15FN4O. The zero-order valence-corrected chi connectivity index (χ0v) is 12.3. The Morgan fingerprint density at radius 2 is 2.04 bits per heavy atom. The Bertz CT molecular complexity index is 887. The van der Waals surface area contributed by atoms with Crippen LogP contribution < -0.4 is 5.73 Å². The van der Waals surface area contributed by atoms with Crippen LogP contribution in [0.5, 0.6) is 0 Å². The molecule has 116 valence electrons. The molecule has 3 N–H and O–H groups in total. The summed E-state index contributed by atoms with van der Waals surface area (Å²) in [5.41, 5.74) is 8.14. The molecule has 0 radical (unpaired) electrons. The smallest absolute Gasteiger partial charge is 0.254 e. The van der Waals surface area contributed by atoms with E-state index in [4.69, 9.17) is 5.73 Å². The highest BCUT2D eigenvalue weighted by Gasteiger charge is 2.33. The molecule has 0 spiro atoms. The Labute approximate surface area is 131 Å². The Kier molecular flexibility index (Phi) is 3.04. The first kappa shape index (κ1) is 13.8. The third-order valence-electron chi connectivity index (χ3n) is 4.37. The molecule has 1 atom stereocenters. The van der Waals surface area contributed by atoms with Gasteiger partial charge in [0.15, 0.2) is 5.82 Å². The zero-order valence-electron chi connectivity index (χ0n) is 12.3. The SMILES string of the molecule is Nc1n[nH]c2ccc(C(=O)N3CC[C@@H]3c3ccc(F)cc3)cc12. The number of hydrogen-bond acceptors (Lipinski definition) is 3. The van der Waals surface area contributed by atoms with Crippen molar-refractivity contribution >= 4 is 22.6 Å². The lowest BCUT2D eigenvalue weighted by molar-refractivity contribution is 0.0460. The molecule has 1 aliphatic rings. The molecular weight excluding hydrogens is 295 g/mol. The van der Waals surface area contributed by atoms with Crippen LogP contribution in [-0.4, -0.2) is 27.5 Å². The second-order valence-electron chi connectivity index (χ2n) is 5.72. The van der Waals surface area contributed by atoms with E-state index in [1.165, 1.54) is 12.1 Å². The summed E-state index contributed by atoms with van der Waals surface area (Å²) >= 11 is 0. The highest BCUT2D eigenvalue weighted by molar-refractivity contribution is 6.00. The Morgan fingerprint density at radius 1 is 1.26 bits per heavy atom. The van der Waals surface area contributed by atoms with Crippen LogP contribution >= 0.6 is 0 Å². The number of halogens is 1. The van der Waals surface area contributed by atoms with Crippen LogP contribution in [0.15, 0.2) is 42.5 Å². The minimum Gasteiger partial charge on any atom is -0.382 e. The molecule has 4 rings (SSSR count). The van der Waals surface area contributed by atoms with Gasteiger partial charge >= 0.3 is 0 Å². The minimum atomic E-state index is -0.271. The first-order chi connectivity index (χ1) is 11.1. The number of rotatable bonds is 2. The Balaban J connectivity index is 1.62. The standard InChI is InChI=1S/C17H15FN4O/c18-12-4-1-10(2-5-12)15-7-8-22(15)17(23)11-3-6-14-13(9-11)16(19)21-20-14/h1-6,9,15H,7-8H2,(H3,19,20,21)/t15-/m1/s1. The monoisotopic (exact) mass is 310 g/mol. The number of H-pyrrole nitrogens is 1. The number of carbonyl (C=O) groups is 1. The van der Waals surface area contributed by atoms with Crippen molar-refractivity contribution in [2.24, 2.45) is 0 Å². The molecule has 3 aromatic rings. The van der Waals surface area contributed by atoms with Gasteiger partial charge in [-0.3, -0.25) is 9.89 Å². The highest BCUT2D eigenvalue weighted by Crippen LogP contribution is 2.35. The second kappa shape index (κ2) is 5.08. The zero-order chi connectivity index (χ0) is 16.0. The van der Waals surface area contributed by atoms with Crippen molar-refractivity contribution in [3.05, 3.63) is 59.4 Å². The van der Waals surface area contributed by atoms with Crippen molar-refractivity contribution in [2.75, 3.05) is 12.3 Å². The van der Waals surface area contributed by atoms with Gasteiger partial charge in [-0.2, -0.15) is 5.10 Å². The summed E-state index contributed by atoms with van der Waals surface area (Å²) in [4.78, 5) is 14.5. The lowest BCUT2D eigenvalue weighted by Gasteiger charge is -2.41. The van der Waals surface area contributed by atoms with E-state index in [0.29, 0.717) is 17.9 Å². The van der Waals surface area contributed by atoms with E-state index in [2.05, 4.69) is 10.2 Å². The van der Waals surface area contributed by atoms with Gasteiger partial charge in [0.25, 0.3) is 5.91 Å². The maximum Gasteiger partial charge on any atom is 0.254 e. The molecule has 5 nitrogen and oxygen atoms in total. The molecule has 23 heavy (non-hydrogen) atoms. The average molecular weight is 310 g/mol. The van der Waals surface area contributed by atoms with Gasteiger partial charge in [-0.15, -0.1) is 0 Å². The van der Waals surface area contributed by atoms with Crippen molar-refractivity contribution < 1.29 is 9.18 Å². The number of nitrogens with two attached hydrogens (primary N) is 1. The summed E-state index contributed by atoms with van der Waals surface area (Å²) in [6, 6.07) is 11.6. The van der Waals surface area contributed by atoms with E-state index < -0.39 is 0 Å². The number of aromatic amines is 1. The van der Waals surface area contributed by atoms with Gasteiger partial charge in [0, 0.05) is 17.5 Å². The van der Waals surface area contributed by atoms with Crippen LogP contribution in [0.25, 0.3) is 10.9 Å². The maximum atomic E-state index is 13.0. The largest absolute Gasteiger partial charge is 0.382 e. The summed E-state index contributed by atoms with van der Waals surface area (Å²) in [5, 5.41) is 7.50. The van der Waals surface area contributed by atoms with E-state index in [9.17, 15) is 9.18 Å². The number of nitrogens with zero attached hydrogens (tertiary/aromatic N) is 2. The number of carbonyl (C=O) groups excluding carboxylic acids is 1. The van der Waals surface area contributed by atoms with Crippen molar-refractivity contribution in [2.45, 2.75) is 12.5 Å². The van der Waals surface area contributed by atoms with E-state index in [1.807, 2.05) is 0 Å². The van der Waals surface area contributed by atoms with E-state index in [0.717, 1.165) is 22.9 Å². The van der Waals surface area contributed by atoms with Gasteiger partial charge < -0.3 is 10.6 Å². The molecule has 1 amide bonds. The van der Waals surface area contributed by atoms with Crippen molar-refractivity contribution in [3.63, 3.8) is 0 Å². The number of anilines is 1. The molecule has 2 heterocycles. The fourth-order valence-corrected chi connectivity index (χ4v) is 3.00. The van der Waals surface area contributed by atoms with Crippen LogP contribution in [0.3, 0.4) is 0 Å². The van der Waals surface area contributed by atoms with Crippen molar-refractivity contribution in [3.8, 4) is 0 Å². The van der Waals surface area contributed by atoms with Gasteiger partial charge in [0.2, 0.25) is 0 Å². The number of fused-ring (bicyclic) bond motifs is 1. The third-order valence-corrected chi connectivity index (χ3v) is 4.37. The van der Waals surface area contributed by atoms with E-state index in [-0.39, 0.29) is 17.8 Å². The van der Waals surface area contributed by atoms with Gasteiger partial charge in [-0.1, -0.05) is 12.1 Å². The number of aromatic nitrogens is 2.